The molecular weight excluding hydrogens is 368 g/mol. The molecule has 0 unspecified atom stereocenters. The van der Waals surface area contributed by atoms with Crippen LogP contribution in [0.1, 0.15) is 25.5 Å². The monoisotopic (exact) mass is 394 g/mol. The van der Waals surface area contributed by atoms with Crippen LogP contribution < -0.4 is 11.1 Å². The van der Waals surface area contributed by atoms with Gasteiger partial charge in [-0.2, -0.15) is 9.97 Å². The molecule has 154 valence electrons. The van der Waals surface area contributed by atoms with Crippen molar-refractivity contribution < 1.29 is 24.8 Å². The van der Waals surface area contributed by atoms with Crippen LogP contribution in [0.2, 0.25) is 0 Å². The number of nitrogens with one attached hydrogen (secondary N) is 1. The van der Waals surface area contributed by atoms with E-state index < -0.39 is 31.1 Å². The summed E-state index contributed by atoms with van der Waals surface area (Å²) in [4.78, 5) is 12.9. The molecule has 4 atom stereocenters. The lowest BCUT2D eigenvalue weighted by molar-refractivity contribution is -0.0511. The van der Waals surface area contributed by atoms with Crippen molar-refractivity contribution in [2.45, 2.75) is 43.8 Å². The van der Waals surface area contributed by atoms with Gasteiger partial charge in [0.1, 0.15) is 23.8 Å². The highest BCUT2D eigenvalue weighted by Crippen LogP contribution is 2.32. The normalized spacial score (nSPS) is 28.8. The van der Waals surface area contributed by atoms with Crippen LogP contribution in [0.5, 0.6) is 0 Å². The molecule has 2 aliphatic rings. The fourth-order valence-electron chi connectivity index (χ4n) is 3.74. The maximum atomic E-state index is 10.3. The molecule has 6 N–H and O–H groups in total. The first-order valence-corrected chi connectivity index (χ1v) is 9.52. The lowest BCUT2D eigenvalue weighted by atomic mass is 9.97. The molecule has 0 aliphatic carbocycles. The van der Waals surface area contributed by atoms with Crippen molar-refractivity contribution in [3.8, 4) is 0 Å². The molecule has 11 nitrogen and oxygen atoms in total. The Morgan fingerprint density at radius 1 is 1.21 bits per heavy atom. The van der Waals surface area contributed by atoms with Crippen molar-refractivity contribution in [2.75, 3.05) is 37.4 Å². The lowest BCUT2D eigenvalue weighted by Crippen LogP contribution is -2.33. The molecule has 0 bridgehead atoms. The van der Waals surface area contributed by atoms with Crippen LogP contribution in [0.4, 0.5) is 11.8 Å². The number of aromatic nitrogens is 4. The van der Waals surface area contributed by atoms with E-state index in [2.05, 4.69) is 20.3 Å². The zero-order chi connectivity index (χ0) is 19.7. The zero-order valence-corrected chi connectivity index (χ0v) is 15.4. The number of nitrogen functional groups attached to an aromatic ring is 1. The summed E-state index contributed by atoms with van der Waals surface area (Å²) in [6.45, 7) is 1.92. The van der Waals surface area contributed by atoms with Crippen molar-refractivity contribution in [1.82, 2.24) is 19.5 Å². The van der Waals surface area contributed by atoms with Crippen molar-refractivity contribution in [3.05, 3.63) is 6.33 Å². The van der Waals surface area contributed by atoms with Gasteiger partial charge in [0.05, 0.1) is 12.9 Å². The van der Waals surface area contributed by atoms with E-state index in [1.54, 1.807) is 0 Å². The van der Waals surface area contributed by atoms with E-state index in [-0.39, 0.29) is 5.82 Å². The summed E-state index contributed by atoms with van der Waals surface area (Å²) in [5.41, 5.74) is 6.79. The van der Waals surface area contributed by atoms with Gasteiger partial charge in [0, 0.05) is 19.8 Å². The summed E-state index contributed by atoms with van der Waals surface area (Å²) in [6.07, 6.45) is 0.291. The first-order valence-electron chi connectivity index (χ1n) is 9.52. The summed E-state index contributed by atoms with van der Waals surface area (Å²) in [5.74, 6) is 1.20. The number of imidazole rings is 1. The Bertz CT molecular complexity index is 811. The van der Waals surface area contributed by atoms with E-state index in [0.29, 0.717) is 29.6 Å². The number of aliphatic hydroxyl groups is 3. The van der Waals surface area contributed by atoms with E-state index in [0.717, 1.165) is 32.5 Å². The van der Waals surface area contributed by atoms with Crippen molar-refractivity contribution >= 4 is 22.9 Å². The summed E-state index contributed by atoms with van der Waals surface area (Å²) < 4.78 is 12.4. The minimum Gasteiger partial charge on any atom is -0.394 e. The molecule has 0 spiro atoms. The SMILES string of the molecule is Nc1nc(NCCC2CCOCC2)nc2c1ncn2[C@@H]1O[C@H](CO)[C@@H](O)[C@H]1O. The Labute approximate surface area is 161 Å². The molecule has 2 aromatic rings. The number of nitrogens with zero attached hydrogens (tertiary/aromatic N) is 4. The van der Waals surface area contributed by atoms with Gasteiger partial charge in [-0.15, -0.1) is 0 Å². The molecule has 2 fully saturated rings. The summed E-state index contributed by atoms with van der Waals surface area (Å²) >= 11 is 0. The quantitative estimate of drug-likeness (QED) is 0.421. The van der Waals surface area contributed by atoms with Gasteiger partial charge in [-0.05, 0) is 25.2 Å². The van der Waals surface area contributed by atoms with Crippen LogP contribution in [0, 0.1) is 5.92 Å². The molecule has 0 radical (unpaired) electrons. The molecular formula is C17H26N6O5. The average molecular weight is 394 g/mol. The first kappa shape index (κ1) is 19.3. The Hall–Kier alpha value is -2.05. The molecule has 4 heterocycles. The third-order valence-electron chi connectivity index (χ3n) is 5.42. The Morgan fingerprint density at radius 2 is 2.00 bits per heavy atom. The van der Waals surface area contributed by atoms with Crippen LogP contribution in [0.15, 0.2) is 6.33 Å². The number of fused-ring (bicyclic) bond motifs is 1. The topological polar surface area (TPSA) is 161 Å². The largest absolute Gasteiger partial charge is 0.394 e. The van der Waals surface area contributed by atoms with Gasteiger partial charge < -0.3 is 35.8 Å². The van der Waals surface area contributed by atoms with Crippen LogP contribution in [-0.2, 0) is 9.47 Å². The van der Waals surface area contributed by atoms with Crippen LogP contribution in [0.25, 0.3) is 11.2 Å². The maximum Gasteiger partial charge on any atom is 0.226 e. The molecule has 11 heteroatoms. The molecule has 28 heavy (non-hydrogen) atoms. The fraction of sp³-hybridized carbons (Fsp3) is 0.706. The molecule has 0 amide bonds. The number of rotatable bonds is 6. The molecule has 4 rings (SSSR count). The predicted molar refractivity (Wildman–Crippen MR) is 99.4 cm³/mol. The van der Waals surface area contributed by atoms with Crippen molar-refractivity contribution in [1.29, 1.82) is 0 Å². The van der Waals surface area contributed by atoms with Crippen molar-refractivity contribution in [3.63, 3.8) is 0 Å². The van der Waals surface area contributed by atoms with Gasteiger partial charge in [-0.3, -0.25) is 4.57 Å². The third-order valence-corrected chi connectivity index (χ3v) is 5.42. The van der Waals surface area contributed by atoms with E-state index in [1.807, 2.05) is 0 Å². The number of anilines is 2. The maximum absolute atomic E-state index is 10.3. The van der Waals surface area contributed by atoms with Gasteiger partial charge in [0.25, 0.3) is 0 Å². The number of aliphatic hydroxyl groups excluding tert-OH is 3. The molecule has 2 saturated heterocycles. The van der Waals surface area contributed by atoms with Crippen molar-refractivity contribution in [2.24, 2.45) is 5.92 Å². The molecule has 0 saturated carbocycles. The van der Waals surface area contributed by atoms with E-state index in [9.17, 15) is 15.3 Å². The van der Waals surface area contributed by atoms with Gasteiger partial charge in [0.2, 0.25) is 5.95 Å². The number of ether oxygens (including phenoxy) is 2. The predicted octanol–water partition coefficient (Wildman–Crippen LogP) is -0.751. The van der Waals surface area contributed by atoms with Crippen LogP contribution >= 0.6 is 0 Å². The minimum absolute atomic E-state index is 0.212. The van der Waals surface area contributed by atoms with Gasteiger partial charge in [-0.1, -0.05) is 0 Å². The third kappa shape index (κ3) is 3.63. The lowest BCUT2D eigenvalue weighted by Gasteiger charge is -2.21. The van der Waals surface area contributed by atoms with E-state index >= 15 is 0 Å². The highest BCUT2D eigenvalue weighted by Gasteiger charge is 2.44. The minimum atomic E-state index is -1.23. The van der Waals surface area contributed by atoms with Crippen LogP contribution in [-0.4, -0.2) is 79.5 Å². The number of nitrogens with two attached hydrogens (primary N) is 1. The van der Waals surface area contributed by atoms with Gasteiger partial charge >= 0.3 is 0 Å². The number of hydrogen-bond donors (Lipinski definition) is 5. The Morgan fingerprint density at radius 3 is 2.71 bits per heavy atom. The summed E-state index contributed by atoms with van der Waals surface area (Å²) in [7, 11) is 0. The second-order valence-electron chi connectivity index (χ2n) is 7.26. The zero-order valence-electron chi connectivity index (χ0n) is 15.4. The molecule has 0 aromatic carbocycles. The second-order valence-corrected chi connectivity index (χ2v) is 7.26. The molecule has 2 aliphatic heterocycles. The fourth-order valence-corrected chi connectivity index (χ4v) is 3.74. The van der Waals surface area contributed by atoms with Gasteiger partial charge in [-0.25, -0.2) is 4.98 Å². The van der Waals surface area contributed by atoms with E-state index in [1.165, 1.54) is 10.9 Å². The summed E-state index contributed by atoms with van der Waals surface area (Å²) in [5, 5.41) is 32.8. The second kappa shape index (κ2) is 8.13. The Kier molecular flexibility index (Phi) is 5.60. The van der Waals surface area contributed by atoms with Crippen LogP contribution in [0.3, 0.4) is 0 Å². The highest BCUT2D eigenvalue weighted by molar-refractivity contribution is 5.83. The standard InChI is InChI=1S/C17H26N6O5/c18-14-11-15(22-17(21-14)19-4-1-9-2-5-27-6-3-9)23(8-20-11)16-13(26)12(25)10(7-24)28-16/h8-10,12-13,16,24-26H,1-7H2,(H3,18,19,21,22)/t10-,12-,13-,16-/m1/s1. The number of hydrogen-bond acceptors (Lipinski definition) is 10. The summed E-state index contributed by atoms with van der Waals surface area (Å²) in [6, 6.07) is 0. The van der Waals surface area contributed by atoms with E-state index in [4.69, 9.17) is 15.2 Å². The average Bonchev–Trinajstić information content (AvgIpc) is 3.24. The smallest absolute Gasteiger partial charge is 0.226 e. The Balaban J connectivity index is 1.51. The molecule has 2 aromatic heterocycles. The highest BCUT2D eigenvalue weighted by atomic mass is 16.6. The van der Waals surface area contributed by atoms with Gasteiger partial charge in [0.15, 0.2) is 17.7 Å². The first-order chi connectivity index (χ1) is 13.6.